The average Bonchev–Trinajstić information content (AvgIpc) is 3.14. The molecule has 6 heteroatoms. The van der Waals surface area contributed by atoms with Crippen LogP contribution in [-0.4, -0.2) is 4.98 Å². The molecule has 3 rings (SSSR count). The van der Waals surface area contributed by atoms with E-state index in [9.17, 15) is 5.26 Å². The zero-order chi connectivity index (χ0) is 16.4. The molecule has 1 aromatic carbocycles. The molecule has 0 aliphatic heterocycles. The number of allylic oxidation sites excluding steroid dienone is 1. The number of halogens is 2. The summed E-state index contributed by atoms with van der Waals surface area (Å²) in [5, 5.41) is 12.9. The summed E-state index contributed by atoms with van der Waals surface area (Å²) in [4.78, 5) is 4.32. The van der Waals surface area contributed by atoms with Gasteiger partial charge < -0.3 is 4.42 Å². The van der Waals surface area contributed by atoms with Crippen LogP contribution in [0.2, 0.25) is 10.0 Å². The summed E-state index contributed by atoms with van der Waals surface area (Å²) in [7, 11) is 0. The number of furan rings is 1. The fourth-order valence-electron chi connectivity index (χ4n) is 2.06. The largest absolute Gasteiger partial charge is 0.457 e. The molecule has 0 radical (unpaired) electrons. The van der Waals surface area contributed by atoms with E-state index in [1.807, 2.05) is 12.3 Å². The van der Waals surface area contributed by atoms with Gasteiger partial charge >= 0.3 is 0 Å². The first-order valence-corrected chi connectivity index (χ1v) is 8.30. The van der Waals surface area contributed by atoms with E-state index in [-0.39, 0.29) is 0 Å². The number of hydrogen-bond donors (Lipinski definition) is 0. The highest BCUT2D eigenvalue weighted by Crippen LogP contribution is 2.36. The molecule has 23 heavy (non-hydrogen) atoms. The van der Waals surface area contributed by atoms with E-state index in [2.05, 4.69) is 11.1 Å². The Balaban J connectivity index is 1.99. The number of hydrogen-bond acceptors (Lipinski definition) is 4. The van der Waals surface area contributed by atoms with E-state index in [4.69, 9.17) is 27.6 Å². The van der Waals surface area contributed by atoms with Crippen LogP contribution in [0.3, 0.4) is 0 Å². The molecule has 0 amide bonds. The Labute approximate surface area is 147 Å². The maximum atomic E-state index is 9.33. The number of nitrogens with zero attached hydrogens (tertiary/aromatic N) is 2. The molecule has 0 unspecified atom stereocenters. The van der Waals surface area contributed by atoms with Crippen LogP contribution >= 0.6 is 34.5 Å². The number of benzene rings is 1. The SMILES string of the molecule is Cc1csc(/C(C#N)=C/c2ccc(-c3c(Cl)cccc3Cl)o2)n1. The summed E-state index contributed by atoms with van der Waals surface area (Å²) >= 11 is 13.8. The Morgan fingerprint density at radius 2 is 2.00 bits per heavy atom. The summed E-state index contributed by atoms with van der Waals surface area (Å²) in [6, 6.07) is 11.0. The Morgan fingerprint density at radius 3 is 2.61 bits per heavy atom. The van der Waals surface area contributed by atoms with Gasteiger partial charge in [-0.15, -0.1) is 11.3 Å². The smallest absolute Gasteiger partial charge is 0.137 e. The third-order valence-electron chi connectivity index (χ3n) is 3.09. The van der Waals surface area contributed by atoms with E-state index in [0.29, 0.717) is 37.7 Å². The number of aromatic nitrogens is 1. The highest BCUT2D eigenvalue weighted by atomic mass is 35.5. The molecule has 0 fully saturated rings. The molecule has 0 aliphatic carbocycles. The molecule has 0 atom stereocenters. The first-order chi connectivity index (χ1) is 11.1. The van der Waals surface area contributed by atoms with Gasteiger partial charge in [-0.2, -0.15) is 5.26 Å². The monoisotopic (exact) mass is 360 g/mol. The second-order valence-electron chi connectivity index (χ2n) is 4.76. The Hall–Kier alpha value is -2.06. The first kappa shape index (κ1) is 15.8. The van der Waals surface area contributed by atoms with Gasteiger partial charge in [0.05, 0.1) is 21.2 Å². The Morgan fingerprint density at radius 1 is 1.26 bits per heavy atom. The Kier molecular flexibility index (Phi) is 4.53. The van der Waals surface area contributed by atoms with Crippen LogP contribution in [0.1, 0.15) is 16.5 Å². The van der Waals surface area contributed by atoms with E-state index in [0.717, 1.165) is 5.69 Å². The zero-order valence-corrected chi connectivity index (χ0v) is 14.3. The van der Waals surface area contributed by atoms with Crippen molar-refractivity contribution in [1.29, 1.82) is 5.26 Å². The number of aryl methyl sites for hydroxylation is 1. The molecule has 0 aliphatic rings. The summed E-state index contributed by atoms with van der Waals surface area (Å²) < 4.78 is 5.77. The fourth-order valence-corrected chi connectivity index (χ4v) is 3.41. The molecular weight excluding hydrogens is 351 g/mol. The number of rotatable bonds is 3. The van der Waals surface area contributed by atoms with Crippen LogP contribution in [0.5, 0.6) is 0 Å². The summed E-state index contributed by atoms with van der Waals surface area (Å²) in [5.74, 6) is 1.10. The molecule has 0 N–H and O–H groups in total. The average molecular weight is 361 g/mol. The predicted octanol–water partition coefficient (Wildman–Crippen LogP) is 6.08. The maximum absolute atomic E-state index is 9.33. The minimum absolute atomic E-state index is 0.453. The third kappa shape index (κ3) is 3.32. The zero-order valence-electron chi connectivity index (χ0n) is 12.0. The second kappa shape index (κ2) is 6.59. The van der Waals surface area contributed by atoms with Crippen LogP contribution in [0.15, 0.2) is 40.1 Å². The molecule has 0 saturated carbocycles. The van der Waals surface area contributed by atoms with Gasteiger partial charge in [-0.1, -0.05) is 29.3 Å². The lowest BCUT2D eigenvalue weighted by Gasteiger charge is -2.02. The standard InChI is InChI=1S/C17H10Cl2N2OS/c1-10-9-23-17(21-10)11(8-20)7-12-5-6-15(22-12)16-13(18)3-2-4-14(16)19/h2-7,9H,1H3/b11-7+. The van der Waals surface area contributed by atoms with Crippen molar-refractivity contribution in [3.8, 4) is 17.4 Å². The van der Waals surface area contributed by atoms with Gasteiger partial charge in [0.1, 0.15) is 22.6 Å². The minimum Gasteiger partial charge on any atom is -0.457 e. The van der Waals surface area contributed by atoms with Crippen LogP contribution in [-0.2, 0) is 0 Å². The number of thiazole rings is 1. The second-order valence-corrected chi connectivity index (χ2v) is 6.44. The topological polar surface area (TPSA) is 49.8 Å². The van der Waals surface area contributed by atoms with Crippen LogP contribution < -0.4 is 0 Å². The van der Waals surface area contributed by atoms with Gasteiger partial charge in [-0.3, -0.25) is 0 Å². The van der Waals surface area contributed by atoms with Gasteiger partial charge in [0.25, 0.3) is 0 Å². The molecule has 0 saturated heterocycles. The van der Waals surface area contributed by atoms with Crippen molar-refractivity contribution in [1.82, 2.24) is 4.98 Å². The fraction of sp³-hybridized carbons (Fsp3) is 0.0588. The van der Waals surface area contributed by atoms with Crippen molar-refractivity contribution in [3.63, 3.8) is 0 Å². The minimum atomic E-state index is 0.453. The van der Waals surface area contributed by atoms with Crippen molar-refractivity contribution >= 4 is 46.2 Å². The molecule has 2 aromatic heterocycles. The summed E-state index contributed by atoms with van der Waals surface area (Å²) in [6.45, 7) is 1.89. The summed E-state index contributed by atoms with van der Waals surface area (Å²) in [6.07, 6.45) is 1.66. The first-order valence-electron chi connectivity index (χ1n) is 6.67. The van der Waals surface area contributed by atoms with Gasteiger partial charge in [0, 0.05) is 17.2 Å². The lowest BCUT2D eigenvalue weighted by Crippen LogP contribution is -1.80. The van der Waals surface area contributed by atoms with E-state index >= 15 is 0 Å². The van der Waals surface area contributed by atoms with Crippen LogP contribution in [0.25, 0.3) is 23.0 Å². The molecular formula is C17H10Cl2N2OS. The molecule has 114 valence electrons. The van der Waals surface area contributed by atoms with E-state index in [1.165, 1.54) is 11.3 Å². The van der Waals surface area contributed by atoms with Crippen molar-refractivity contribution in [2.24, 2.45) is 0 Å². The predicted molar refractivity (Wildman–Crippen MR) is 94.5 cm³/mol. The van der Waals surface area contributed by atoms with Crippen molar-refractivity contribution < 1.29 is 4.42 Å². The van der Waals surface area contributed by atoms with Crippen molar-refractivity contribution in [2.75, 3.05) is 0 Å². The lowest BCUT2D eigenvalue weighted by molar-refractivity contribution is 0.572. The van der Waals surface area contributed by atoms with E-state index in [1.54, 1.807) is 36.4 Å². The van der Waals surface area contributed by atoms with Gasteiger partial charge in [0.15, 0.2) is 0 Å². The van der Waals surface area contributed by atoms with Crippen LogP contribution in [0.4, 0.5) is 0 Å². The lowest BCUT2D eigenvalue weighted by atomic mass is 10.2. The van der Waals surface area contributed by atoms with Crippen LogP contribution in [0, 0.1) is 18.3 Å². The summed E-state index contributed by atoms with van der Waals surface area (Å²) in [5.41, 5.74) is 1.97. The van der Waals surface area contributed by atoms with Gasteiger partial charge in [0.2, 0.25) is 0 Å². The molecule has 3 nitrogen and oxygen atoms in total. The quantitative estimate of drug-likeness (QED) is 0.531. The Bertz CT molecular complexity index is 914. The molecule has 0 spiro atoms. The van der Waals surface area contributed by atoms with Gasteiger partial charge in [-0.05, 0) is 31.2 Å². The maximum Gasteiger partial charge on any atom is 0.137 e. The highest BCUT2D eigenvalue weighted by Gasteiger charge is 2.13. The molecule has 0 bridgehead atoms. The van der Waals surface area contributed by atoms with E-state index < -0.39 is 0 Å². The number of nitriles is 1. The normalized spacial score (nSPS) is 11.5. The third-order valence-corrected chi connectivity index (χ3v) is 4.72. The van der Waals surface area contributed by atoms with Crippen molar-refractivity contribution in [2.45, 2.75) is 6.92 Å². The molecule has 2 heterocycles. The van der Waals surface area contributed by atoms with Gasteiger partial charge in [-0.25, -0.2) is 4.98 Å². The molecule has 3 aromatic rings. The van der Waals surface area contributed by atoms with Crippen molar-refractivity contribution in [3.05, 3.63) is 62.2 Å². The highest BCUT2D eigenvalue weighted by molar-refractivity contribution is 7.11.